The molecule has 1 amide bonds. The summed E-state index contributed by atoms with van der Waals surface area (Å²) >= 11 is 1.41. The summed E-state index contributed by atoms with van der Waals surface area (Å²) < 4.78 is 5.84. The molecule has 0 fully saturated rings. The monoisotopic (exact) mass is 426 g/mol. The maximum atomic E-state index is 12.3. The van der Waals surface area contributed by atoms with Gasteiger partial charge in [0.15, 0.2) is 5.13 Å². The lowest BCUT2D eigenvalue weighted by molar-refractivity contribution is -0.111. The van der Waals surface area contributed by atoms with Crippen LogP contribution < -0.4 is 10.1 Å². The van der Waals surface area contributed by atoms with Crippen LogP contribution in [0.15, 0.2) is 90.3 Å². The molecule has 1 aromatic heterocycles. The second kappa shape index (κ2) is 9.87. The molecule has 0 radical (unpaired) electrons. The summed E-state index contributed by atoms with van der Waals surface area (Å²) in [5, 5.41) is 5.34. The first-order valence-corrected chi connectivity index (χ1v) is 10.8. The number of rotatable bonds is 7. The zero-order valence-electron chi connectivity index (χ0n) is 17.1. The van der Waals surface area contributed by atoms with Gasteiger partial charge in [0, 0.05) is 17.0 Å². The summed E-state index contributed by atoms with van der Waals surface area (Å²) in [4.78, 5) is 16.8. The molecule has 31 heavy (non-hydrogen) atoms. The molecular weight excluding hydrogens is 404 g/mol. The Balaban J connectivity index is 1.34. The second-order valence-electron chi connectivity index (χ2n) is 7.07. The number of ether oxygens (including phenoxy) is 1. The molecule has 0 atom stereocenters. The van der Waals surface area contributed by atoms with Gasteiger partial charge in [-0.1, -0.05) is 72.3 Å². The first kappa shape index (κ1) is 20.6. The Hall–Kier alpha value is -3.70. The van der Waals surface area contributed by atoms with E-state index in [1.54, 1.807) is 6.08 Å². The maximum absolute atomic E-state index is 12.3. The molecular formula is C26H22N2O2S. The van der Waals surface area contributed by atoms with Gasteiger partial charge in [-0.25, -0.2) is 4.98 Å². The van der Waals surface area contributed by atoms with Crippen molar-refractivity contribution in [1.29, 1.82) is 0 Å². The molecule has 154 valence electrons. The largest absolute Gasteiger partial charge is 0.489 e. The number of hydrogen-bond acceptors (Lipinski definition) is 4. The molecule has 0 aliphatic rings. The third-order valence-corrected chi connectivity index (χ3v) is 5.37. The predicted molar refractivity (Wildman–Crippen MR) is 127 cm³/mol. The minimum absolute atomic E-state index is 0.222. The highest BCUT2D eigenvalue weighted by Gasteiger charge is 2.06. The molecule has 1 heterocycles. The van der Waals surface area contributed by atoms with E-state index < -0.39 is 0 Å². The fourth-order valence-corrected chi connectivity index (χ4v) is 3.68. The average molecular weight is 427 g/mol. The number of aromatic nitrogens is 1. The SMILES string of the molecule is Cc1ccc(-c2csc(NC(=O)/C=C/c3cccc(OCc4ccccc4)c3)n2)cc1. The summed E-state index contributed by atoms with van der Waals surface area (Å²) in [5.74, 6) is 0.537. The van der Waals surface area contributed by atoms with E-state index in [-0.39, 0.29) is 5.91 Å². The zero-order chi connectivity index (χ0) is 21.5. The number of anilines is 1. The standard InChI is InChI=1S/C26H22N2O2S/c1-19-10-13-22(14-11-19)24-18-31-26(27-24)28-25(29)15-12-20-8-5-9-23(16-20)30-17-21-6-3-2-4-7-21/h2-16,18H,17H2,1H3,(H,27,28,29)/b15-12+. The van der Waals surface area contributed by atoms with Crippen molar-refractivity contribution in [1.82, 2.24) is 4.98 Å². The Morgan fingerprint density at radius 2 is 1.84 bits per heavy atom. The van der Waals surface area contributed by atoms with Crippen LogP contribution >= 0.6 is 11.3 Å². The van der Waals surface area contributed by atoms with E-state index in [0.717, 1.165) is 28.1 Å². The highest BCUT2D eigenvalue weighted by atomic mass is 32.1. The molecule has 0 saturated heterocycles. The van der Waals surface area contributed by atoms with Crippen LogP contribution in [0.25, 0.3) is 17.3 Å². The van der Waals surface area contributed by atoms with Crippen LogP contribution in [0.2, 0.25) is 0 Å². The van der Waals surface area contributed by atoms with Crippen molar-refractivity contribution in [3.63, 3.8) is 0 Å². The molecule has 5 heteroatoms. The van der Waals surface area contributed by atoms with Crippen molar-refractivity contribution in [2.45, 2.75) is 13.5 Å². The molecule has 4 nitrogen and oxygen atoms in total. The van der Waals surface area contributed by atoms with Gasteiger partial charge < -0.3 is 4.74 Å². The quantitative estimate of drug-likeness (QED) is 0.350. The number of carbonyl (C=O) groups is 1. The lowest BCUT2D eigenvalue weighted by atomic mass is 10.1. The summed E-state index contributed by atoms with van der Waals surface area (Å²) in [5.41, 5.74) is 5.08. The minimum Gasteiger partial charge on any atom is -0.489 e. The van der Waals surface area contributed by atoms with Gasteiger partial charge in [-0.15, -0.1) is 11.3 Å². The van der Waals surface area contributed by atoms with Crippen LogP contribution in [0.3, 0.4) is 0 Å². The van der Waals surface area contributed by atoms with E-state index in [9.17, 15) is 4.79 Å². The summed E-state index contributed by atoms with van der Waals surface area (Å²) in [7, 11) is 0. The molecule has 4 aromatic rings. The van der Waals surface area contributed by atoms with E-state index in [2.05, 4.69) is 10.3 Å². The lowest BCUT2D eigenvalue weighted by Gasteiger charge is -2.06. The van der Waals surface area contributed by atoms with Crippen molar-refractivity contribution >= 4 is 28.5 Å². The highest BCUT2D eigenvalue weighted by Crippen LogP contribution is 2.25. The molecule has 1 N–H and O–H groups in total. The van der Waals surface area contributed by atoms with Gasteiger partial charge in [0.25, 0.3) is 0 Å². The summed E-state index contributed by atoms with van der Waals surface area (Å²) in [6, 6.07) is 25.8. The van der Waals surface area contributed by atoms with E-state index in [4.69, 9.17) is 4.74 Å². The zero-order valence-corrected chi connectivity index (χ0v) is 17.9. The number of thiazole rings is 1. The normalized spacial score (nSPS) is 10.9. The number of hydrogen-bond donors (Lipinski definition) is 1. The molecule has 4 rings (SSSR count). The van der Waals surface area contributed by atoms with E-state index >= 15 is 0 Å². The third kappa shape index (κ3) is 5.90. The fourth-order valence-electron chi connectivity index (χ4n) is 2.96. The van der Waals surface area contributed by atoms with Gasteiger partial charge in [0.05, 0.1) is 5.69 Å². The smallest absolute Gasteiger partial charge is 0.250 e. The Morgan fingerprint density at radius 1 is 1.03 bits per heavy atom. The molecule has 0 spiro atoms. The highest BCUT2D eigenvalue weighted by molar-refractivity contribution is 7.14. The van der Waals surface area contributed by atoms with Crippen molar-refractivity contribution in [2.75, 3.05) is 5.32 Å². The summed E-state index contributed by atoms with van der Waals surface area (Å²) in [6.07, 6.45) is 3.27. The van der Waals surface area contributed by atoms with Crippen LogP contribution in [-0.2, 0) is 11.4 Å². The molecule has 3 aromatic carbocycles. The number of carbonyl (C=O) groups excluding carboxylic acids is 1. The number of aryl methyl sites for hydroxylation is 1. The number of nitrogens with zero attached hydrogens (tertiary/aromatic N) is 1. The minimum atomic E-state index is -0.222. The van der Waals surface area contributed by atoms with Gasteiger partial charge in [-0.05, 0) is 36.3 Å². The van der Waals surface area contributed by atoms with Crippen molar-refractivity contribution < 1.29 is 9.53 Å². The van der Waals surface area contributed by atoms with E-state index in [1.807, 2.05) is 91.2 Å². The van der Waals surface area contributed by atoms with Gasteiger partial charge in [0.2, 0.25) is 5.91 Å². The number of amides is 1. The van der Waals surface area contributed by atoms with Gasteiger partial charge in [-0.2, -0.15) is 0 Å². The van der Waals surface area contributed by atoms with Crippen LogP contribution in [0.5, 0.6) is 5.75 Å². The van der Waals surface area contributed by atoms with E-state index in [1.165, 1.54) is 23.0 Å². The fraction of sp³-hybridized carbons (Fsp3) is 0.0769. The van der Waals surface area contributed by atoms with Crippen molar-refractivity contribution in [2.24, 2.45) is 0 Å². The van der Waals surface area contributed by atoms with Gasteiger partial charge in [0.1, 0.15) is 12.4 Å². The topological polar surface area (TPSA) is 51.2 Å². The Bertz CT molecular complexity index is 1180. The number of benzene rings is 3. The van der Waals surface area contributed by atoms with Gasteiger partial charge in [-0.3, -0.25) is 10.1 Å². The molecule has 0 unspecified atom stereocenters. The average Bonchev–Trinajstić information content (AvgIpc) is 3.26. The van der Waals surface area contributed by atoms with Crippen molar-refractivity contribution in [3.05, 3.63) is 107 Å². The van der Waals surface area contributed by atoms with E-state index in [0.29, 0.717) is 11.7 Å². The van der Waals surface area contributed by atoms with Crippen LogP contribution in [0.1, 0.15) is 16.7 Å². The third-order valence-electron chi connectivity index (χ3n) is 4.62. The Kier molecular flexibility index (Phi) is 6.55. The van der Waals surface area contributed by atoms with Crippen LogP contribution in [0, 0.1) is 6.92 Å². The lowest BCUT2D eigenvalue weighted by Crippen LogP contribution is -2.07. The maximum Gasteiger partial charge on any atom is 0.250 e. The second-order valence-corrected chi connectivity index (χ2v) is 7.93. The first-order chi connectivity index (χ1) is 15.2. The van der Waals surface area contributed by atoms with Crippen LogP contribution in [-0.4, -0.2) is 10.9 Å². The van der Waals surface area contributed by atoms with Crippen LogP contribution in [0.4, 0.5) is 5.13 Å². The Labute approximate surface area is 185 Å². The number of nitrogens with one attached hydrogen (secondary N) is 1. The molecule has 0 saturated carbocycles. The molecule has 0 bridgehead atoms. The van der Waals surface area contributed by atoms with Gasteiger partial charge >= 0.3 is 0 Å². The first-order valence-electron chi connectivity index (χ1n) is 9.94. The molecule has 0 aliphatic carbocycles. The Morgan fingerprint density at radius 3 is 2.65 bits per heavy atom. The predicted octanol–water partition coefficient (Wildman–Crippen LogP) is 6.35. The summed E-state index contributed by atoms with van der Waals surface area (Å²) in [6.45, 7) is 2.55. The molecule has 0 aliphatic heterocycles. The van der Waals surface area contributed by atoms with Crippen molar-refractivity contribution in [3.8, 4) is 17.0 Å².